The lowest BCUT2D eigenvalue weighted by Crippen LogP contribution is -2.27. The predicted molar refractivity (Wildman–Crippen MR) is 75.4 cm³/mol. The van der Waals surface area contributed by atoms with Gasteiger partial charge in [-0.2, -0.15) is 0 Å². The van der Waals surface area contributed by atoms with Gasteiger partial charge in [-0.1, -0.05) is 0 Å². The van der Waals surface area contributed by atoms with Crippen molar-refractivity contribution in [3.63, 3.8) is 0 Å². The lowest BCUT2D eigenvalue weighted by Gasteiger charge is -2.15. The second kappa shape index (κ2) is 7.57. The lowest BCUT2D eigenvalue weighted by atomic mass is 10.2. The first-order valence-corrected chi connectivity index (χ1v) is 7.02. The van der Waals surface area contributed by atoms with Gasteiger partial charge >= 0.3 is 0 Å². The molecule has 2 unspecified atom stereocenters. The number of hydrogen-bond acceptors (Lipinski definition) is 4. The number of hydrogen-bond donors (Lipinski definition) is 2. The van der Waals surface area contributed by atoms with Gasteiger partial charge in [0, 0.05) is 18.8 Å². The predicted octanol–water partition coefficient (Wildman–Crippen LogP) is 2.10. The highest BCUT2D eigenvalue weighted by atomic mass is 19.1. The van der Waals surface area contributed by atoms with Gasteiger partial charge in [0.2, 0.25) is 0 Å². The van der Waals surface area contributed by atoms with Crippen molar-refractivity contribution in [2.45, 2.75) is 32.0 Å². The summed E-state index contributed by atoms with van der Waals surface area (Å²) in [7, 11) is 0. The Balaban J connectivity index is 1.65. The first kappa shape index (κ1) is 15.2. The Kier molecular flexibility index (Phi) is 5.76. The molecule has 1 aromatic rings. The van der Waals surface area contributed by atoms with Crippen LogP contribution in [-0.4, -0.2) is 43.7 Å². The summed E-state index contributed by atoms with van der Waals surface area (Å²) in [5.74, 6) is -0.281. The fraction of sp³-hybridized carbons (Fsp3) is 0.600. The fourth-order valence-electron chi connectivity index (χ4n) is 2.24. The van der Waals surface area contributed by atoms with Gasteiger partial charge in [-0.05, 0) is 43.5 Å². The van der Waals surface area contributed by atoms with Gasteiger partial charge in [-0.25, -0.2) is 4.39 Å². The molecule has 0 radical (unpaired) electrons. The van der Waals surface area contributed by atoms with E-state index in [9.17, 15) is 9.50 Å². The molecule has 20 heavy (non-hydrogen) atoms. The van der Waals surface area contributed by atoms with E-state index < -0.39 is 6.10 Å². The second-order valence-electron chi connectivity index (χ2n) is 5.22. The molecule has 2 rings (SSSR count). The molecule has 1 saturated heterocycles. The molecule has 5 heteroatoms. The van der Waals surface area contributed by atoms with E-state index in [2.05, 4.69) is 5.32 Å². The summed E-state index contributed by atoms with van der Waals surface area (Å²) in [6.45, 7) is 3.73. The maximum absolute atomic E-state index is 13.2. The summed E-state index contributed by atoms with van der Waals surface area (Å²) in [5, 5.41) is 12.8. The molecule has 1 aliphatic rings. The van der Waals surface area contributed by atoms with Gasteiger partial charge in [-0.3, -0.25) is 0 Å². The zero-order valence-corrected chi connectivity index (χ0v) is 11.8. The van der Waals surface area contributed by atoms with E-state index >= 15 is 0 Å². The molecule has 0 aliphatic carbocycles. The van der Waals surface area contributed by atoms with Crippen LogP contribution in [0.15, 0.2) is 18.2 Å². The Morgan fingerprint density at radius 2 is 2.35 bits per heavy atom. The number of benzene rings is 1. The molecule has 1 heterocycles. The molecule has 2 atom stereocenters. The Labute approximate surface area is 118 Å². The quantitative estimate of drug-likeness (QED) is 0.804. The highest BCUT2D eigenvalue weighted by molar-refractivity contribution is 5.46. The molecule has 112 valence electrons. The Hall–Kier alpha value is -1.17. The first-order valence-electron chi connectivity index (χ1n) is 7.02. The zero-order chi connectivity index (χ0) is 14.4. The number of ether oxygens (including phenoxy) is 2. The van der Waals surface area contributed by atoms with E-state index in [0.29, 0.717) is 18.8 Å². The van der Waals surface area contributed by atoms with E-state index in [4.69, 9.17) is 9.47 Å². The number of aliphatic hydroxyl groups excluding tert-OH is 1. The van der Waals surface area contributed by atoms with Crippen molar-refractivity contribution in [3.05, 3.63) is 29.6 Å². The van der Waals surface area contributed by atoms with Crippen molar-refractivity contribution in [2.24, 2.45) is 0 Å². The van der Waals surface area contributed by atoms with Crippen LogP contribution in [0.1, 0.15) is 18.4 Å². The van der Waals surface area contributed by atoms with Gasteiger partial charge < -0.3 is 19.9 Å². The summed E-state index contributed by atoms with van der Waals surface area (Å²) < 4.78 is 24.0. The largest absolute Gasteiger partial charge is 0.389 e. The van der Waals surface area contributed by atoms with Crippen LogP contribution in [-0.2, 0) is 9.47 Å². The van der Waals surface area contributed by atoms with Gasteiger partial charge in [0.05, 0.1) is 25.4 Å². The SMILES string of the molecule is Cc1cc(F)cc(NCC(O)COCC2CCCO2)c1. The molecule has 0 bridgehead atoms. The standard InChI is InChI=1S/C15H22FNO3/c1-11-5-12(16)7-13(6-11)17-8-14(18)9-19-10-15-3-2-4-20-15/h5-7,14-15,17-18H,2-4,8-10H2,1H3. The number of aliphatic hydroxyl groups is 1. The molecule has 4 nitrogen and oxygen atoms in total. The van der Waals surface area contributed by atoms with E-state index in [1.54, 1.807) is 0 Å². The number of halogens is 1. The van der Waals surface area contributed by atoms with Crippen LogP contribution < -0.4 is 5.32 Å². The van der Waals surface area contributed by atoms with Crippen molar-refractivity contribution >= 4 is 5.69 Å². The normalized spacial score (nSPS) is 20.1. The fourth-order valence-corrected chi connectivity index (χ4v) is 2.24. The monoisotopic (exact) mass is 283 g/mol. The van der Waals surface area contributed by atoms with E-state index in [0.717, 1.165) is 25.0 Å². The topological polar surface area (TPSA) is 50.7 Å². The van der Waals surface area contributed by atoms with Crippen molar-refractivity contribution in [1.29, 1.82) is 0 Å². The summed E-state index contributed by atoms with van der Waals surface area (Å²) in [5.41, 5.74) is 1.51. The van der Waals surface area contributed by atoms with E-state index in [1.807, 2.05) is 13.0 Å². The van der Waals surface area contributed by atoms with Crippen molar-refractivity contribution in [1.82, 2.24) is 0 Å². The maximum atomic E-state index is 13.2. The van der Waals surface area contributed by atoms with Crippen molar-refractivity contribution in [3.8, 4) is 0 Å². The summed E-state index contributed by atoms with van der Waals surface area (Å²) in [4.78, 5) is 0. The van der Waals surface area contributed by atoms with E-state index in [-0.39, 0.29) is 18.5 Å². The van der Waals surface area contributed by atoms with Gasteiger partial charge in [0.1, 0.15) is 5.82 Å². The molecule has 1 aliphatic heterocycles. The highest BCUT2D eigenvalue weighted by Crippen LogP contribution is 2.14. The molecular formula is C15H22FNO3. The molecular weight excluding hydrogens is 261 g/mol. The van der Waals surface area contributed by atoms with Crippen LogP contribution in [0.5, 0.6) is 0 Å². The average Bonchev–Trinajstić information content (AvgIpc) is 2.88. The third-order valence-electron chi connectivity index (χ3n) is 3.22. The summed E-state index contributed by atoms with van der Waals surface area (Å²) in [6, 6.07) is 4.71. The Morgan fingerprint density at radius 3 is 3.05 bits per heavy atom. The minimum absolute atomic E-state index is 0.168. The van der Waals surface area contributed by atoms with Gasteiger partial charge in [0.25, 0.3) is 0 Å². The summed E-state index contributed by atoms with van der Waals surface area (Å²) >= 11 is 0. The van der Waals surface area contributed by atoms with Crippen LogP contribution in [0.25, 0.3) is 0 Å². The first-order chi connectivity index (χ1) is 9.63. The molecule has 0 amide bonds. The molecule has 0 saturated carbocycles. The van der Waals surface area contributed by atoms with Gasteiger partial charge in [0.15, 0.2) is 0 Å². The molecule has 0 aromatic heterocycles. The molecule has 2 N–H and O–H groups in total. The lowest BCUT2D eigenvalue weighted by molar-refractivity contribution is -0.0137. The van der Waals surface area contributed by atoms with Crippen LogP contribution in [0.4, 0.5) is 10.1 Å². The molecule has 1 aromatic carbocycles. The third kappa shape index (κ3) is 5.07. The van der Waals surface area contributed by atoms with Crippen molar-refractivity contribution < 1.29 is 19.0 Å². The number of rotatable bonds is 7. The Morgan fingerprint density at radius 1 is 1.50 bits per heavy atom. The average molecular weight is 283 g/mol. The third-order valence-corrected chi connectivity index (χ3v) is 3.22. The van der Waals surface area contributed by atoms with Crippen LogP contribution >= 0.6 is 0 Å². The molecule has 0 spiro atoms. The van der Waals surface area contributed by atoms with Gasteiger partial charge in [-0.15, -0.1) is 0 Å². The number of anilines is 1. The summed E-state index contributed by atoms with van der Waals surface area (Å²) in [6.07, 6.45) is 1.65. The molecule has 1 fully saturated rings. The smallest absolute Gasteiger partial charge is 0.125 e. The minimum Gasteiger partial charge on any atom is -0.389 e. The van der Waals surface area contributed by atoms with Crippen LogP contribution in [0.2, 0.25) is 0 Å². The maximum Gasteiger partial charge on any atom is 0.125 e. The minimum atomic E-state index is -0.625. The zero-order valence-electron chi connectivity index (χ0n) is 11.8. The highest BCUT2D eigenvalue weighted by Gasteiger charge is 2.16. The second-order valence-corrected chi connectivity index (χ2v) is 5.22. The van der Waals surface area contributed by atoms with Crippen LogP contribution in [0.3, 0.4) is 0 Å². The van der Waals surface area contributed by atoms with E-state index in [1.165, 1.54) is 12.1 Å². The Bertz CT molecular complexity index is 401. The number of aryl methyl sites for hydroxylation is 1. The number of nitrogens with one attached hydrogen (secondary N) is 1. The van der Waals surface area contributed by atoms with Crippen molar-refractivity contribution in [2.75, 3.05) is 31.7 Å². The van der Waals surface area contributed by atoms with Crippen LogP contribution in [0, 0.1) is 12.7 Å².